The van der Waals surface area contributed by atoms with Crippen LogP contribution in [0.2, 0.25) is 0 Å². The van der Waals surface area contributed by atoms with Crippen LogP contribution in [0.3, 0.4) is 0 Å². The molecule has 0 aromatic heterocycles. The van der Waals surface area contributed by atoms with Gasteiger partial charge in [-0.1, -0.05) is 37.9 Å². The minimum absolute atomic E-state index is 0.233. The molecule has 0 saturated heterocycles. The van der Waals surface area contributed by atoms with E-state index in [2.05, 4.69) is 6.92 Å². The maximum absolute atomic E-state index is 12.8. The third kappa shape index (κ3) is 6.01. The Kier molecular flexibility index (Phi) is 7.42. The van der Waals surface area contributed by atoms with Crippen molar-refractivity contribution in [3.8, 4) is 0 Å². The first kappa shape index (κ1) is 15.0. The van der Waals surface area contributed by atoms with E-state index in [1.54, 1.807) is 30.0 Å². The molecule has 0 aliphatic heterocycles. The lowest BCUT2D eigenvalue weighted by Gasteiger charge is -2.06. The Morgan fingerprint density at radius 1 is 1.22 bits per heavy atom. The first-order chi connectivity index (χ1) is 8.76. The van der Waals surface area contributed by atoms with Crippen LogP contribution in [-0.2, 0) is 4.79 Å². The summed E-state index contributed by atoms with van der Waals surface area (Å²) in [7, 11) is 0. The van der Waals surface area contributed by atoms with Gasteiger partial charge in [0.25, 0.3) is 0 Å². The van der Waals surface area contributed by atoms with Gasteiger partial charge in [-0.05, 0) is 48.1 Å². The van der Waals surface area contributed by atoms with Crippen LogP contribution >= 0.6 is 11.8 Å². The summed E-state index contributed by atoms with van der Waals surface area (Å²) in [6.45, 7) is 2.18. The van der Waals surface area contributed by atoms with Gasteiger partial charge in [0.05, 0.1) is 0 Å². The maximum atomic E-state index is 12.8. The second-order valence-corrected chi connectivity index (χ2v) is 5.34. The minimum atomic E-state index is -0.233. The number of thioether (sulfide) groups is 1. The largest absolute Gasteiger partial charge is 0.299 e. The minimum Gasteiger partial charge on any atom is -0.299 e. The molecule has 0 unspecified atom stereocenters. The van der Waals surface area contributed by atoms with Gasteiger partial charge < -0.3 is 0 Å². The molecule has 0 aliphatic carbocycles. The van der Waals surface area contributed by atoms with Crippen molar-refractivity contribution in [3.63, 3.8) is 0 Å². The summed E-state index contributed by atoms with van der Waals surface area (Å²) >= 11 is 1.54. The summed E-state index contributed by atoms with van der Waals surface area (Å²) in [5, 5.41) is 0. The molecular weight excluding hydrogens is 247 g/mol. The average Bonchev–Trinajstić information content (AvgIpc) is 2.37. The Bertz CT molecular complexity index is 384. The summed E-state index contributed by atoms with van der Waals surface area (Å²) in [6, 6.07) is 6.37. The van der Waals surface area contributed by atoms with E-state index in [0.717, 1.165) is 28.9 Å². The van der Waals surface area contributed by atoms with Gasteiger partial charge in [-0.3, -0.25) is 4.79 Å². The highest BCUT2D eigenvalue weighted by atomic mass is 32.2. The molecule has 0 fully saturated rings. The fourth-order valence-corrected chi connectivity index (χ4v) is 2.57. The molecule has 0 N–H and O–H groups in total. The zero-order valence-electron chi connectivity index (χ0n) is 10.7. The summed E-state index contributed by atoms with van der Waals surface area (Å²) in [5.74, 6) is -0.233. The molecule has 0 spiro atoms. The van der Waals surface area contributed by atoms with Crippen LogP contribution in [0.1, 0.15) is 39.0 Å². The van der Waals surface area contributed by atoms with Crippen LogP contribution in [0.25, 0.3) is 0 Å². The summed E-state index contributed by atoms with van der Waals surface area (Å²) in [6.07, 6.45) is 8.08. The highest BCUT2D eigenvalue weighted by Gasteiger charge is 2.01. The Hall–Kier alpha value is -1.09. The third-order valence-electron chi connectivity index (χ3n) is 2.59. The smallest absolute Gasteiger partial charge is 0.143 e. The maximum Gasteiger partial charge on any atom is 0.143 e. The lowest BCUT2D eigenvalue weighted by molar-refractivity contribution is -0.104. The molecule has 0 saturated carbocycles. The van der Waals surface area contributed by atoms with Crippen molar-refractivity contribution in [2.75, 3.05) is 0 Å². The SMILES string of the molecule is CCCCCC/C(=C/C=O)Sc1ccc(F)cc1. The molecule has 0 aliphatic rings. The quantitative estimate of drug-likeness (QED) is 0.286. The zero-order valence-corrected chi connectivity index (χ0v) is 11.5. The van der Waals surface area contributed by atoms with Gasteiger partial charge >= 0.3 is 0 Å². The molecule has 0 atom stereocenters. The van der Waals surface area contributed by atoms with Gasteiger partial charge in [0, 0.05) is 4.90 Å². The first-order valence-corrected chi connectivity index (χ1v) is 7.15. The summed E-state index contributed by atoms with van der Waals surface area (Å²) in [4.78, 5) is 12.6. The highest BCUT2D eigenvalue weighted by Crippen LogP contribution is 2.30. The molecule has 0 radical (unpaired) electrons. The standard InChI is InChI=1S/C15H19FOS/c1-2-3-4-5-6-14(11-12-17)18-15-9-7-13(16)8-10-15/h7-12H,2-6H2,1H3/b14-11-. The molecule has 1 nitrogen and oxygen atoms in total. The fraction of sp³-hybridized carbons (Fsp3) is 0.400. The van der Waals surface area contributed by atoms with Gasteiger partial charge in [0.2, 0.25) is 0 Å². The number of aldehydes is 1. The molecular formula is C15H19FOS. The van der Waals surface area contributed by atoms with E-state index in [1.165, 1.54) is 31.4 Å². The molecule has 1 rings (SSSR count). The van der Waals surface area contributed by atoms with Crippen LogP contribution < -0.4 is 0 Å². The van der Waals surface area contributed by atoms with Gasteiger partial charge in [0.15, 0.2) is 0 Å². The predicted molar refractivity (Wildman–Crippen MR) is 75.2 cm³/mol. The Balaban J connectivity index is 2.50. The Labute approximate surface area is 112 Å². The van der Waals surface area contributed by atoms with Crippen LogP contribution in [0.5, 0.6) is 0 Å². The van der Waals surface area contributed by atoms with E-state index < -0.39 is 0 Å². The van der Waals surface area contributed by atoms with Crippen molar-refractivity contribution in [2.24, 2.45) is 0 Å². The molecule has 1 aromatic carbocycles. The number of hydrogen-bond acceptors (Lipinski definition) is 2. The fourth-order valence-electron chi connectivity index (χ4n) is 1.62. The summed E-state index contributed by atoms with van der Waals surface area (Å²) < 4.78 is 12.8. The number of benzene rings is 1. The van der Waals surface area contributed by atoms with E-state index in [1.807, 2.05) is 0 Å². The monoisotopic (exact) mass is 266 g/mol. The van der Waals surface area contributed by atoms with Gasteiger partial charge in [-0.25, -0.2) is 4.39 Å². The lowest BCUT2D eigenvalue weighted by atomic mass is 10.1. The second kappa shape index (κ2) is 8.92. The highest BCUT2D eigenvalue weighted by molar-refractivity contribution is 8.03. The van der Waals surface area contributed by atoms with Crippen molar-refractivity contribution < 1.29 is 9.18 Å². The van der Waals surface area contributed by atoms with Crippen LogP contribution in [0, 0.1) is 5.82 Å². The van der Waals surface area contributed by atoms with Crippen molar-refractivity contribution in [1.29, 1.82) is 0 Å². The molecule has 18 heavy (non-hydrogen) atoms. The predicted octanol–water partition coefficient (Wildman–Crippen LogP) is 4.97. The van der Waals surface area contributed by atoms with Crippen molar-refractivity contribution in [1.82, 2.24) is 0 Å². The van der Waals surface area contributed by atoms with Crippen molar-refractivity contribution in [2.45, 2.75) is 43.9 Å². The van der Waals surface area contributed by atoms with Gasteiger partial charge in [0.1, 0.15) is 12.1 Å². The van der Waals surface area contributed by atoms with Crippen molar-refractivity contribution >= 4 is 18.0 Å². The number of halogens is 1. The van der Waals surface area contributed by atoms with Crippen molar-refractivity contribution in [3.05, 3.63) is 41.1 Å². The number of carbonyl (C=O) groups is 1. The van der Waals surface area contributed by atoms with Crippen LogP contribution in [0.15, 0.2) is 40.1 Å². The molecule has 0 amide bonds. The second-order valence-electron chi connectivity index (χ2n) is 4.14. The normalized spacial score (nSPS) is 11.6. The summed E-state index contributed by atoms with van der Waals surface area (Å²) in [5.41, 5.74) is 0. The van der Waals surface area contributed by atoms with E-state index in [-0.39, 0.29) is 5.82 Å². The average molecular weight is 266 g/mol. The first-order valence-electron chi connectivity index (χ1n) is 6.34. The van der Waals surface area contributed by atoms with E-state index in [9.17, 15) is 9.18 Å². The molecule has 0 heterocycles. The Morgan fingerprint density at radius 3 is 2.56 bits per heavy atom. The zero-order chi connectivity index (χ0) is 13.2. The molecule has 0 bridgehead atoms. The van der Waals surface area contributed by atoms with Crippen LogP contribution in [0.4, 0.5) is 4.39 Å². The molecule has 3 heteroatoms. The van der Waals surface area contributed by atoms with E-state index in [0.29, 0.717) is 0 Å². The number of hydrogen-bond donors (Lipinski definition) is 0. The lowest BCUT2D eigenvalue weighted by Crippen LogP contribution is -1.83. The number of unbranched alkanes of at least 4 members (excludes halogenated alkanes) is 3. The third-order valence-corrected chi connectivity index (χ3v) is 3.70. The van der Waals surface area contributed by atoms with Gasteiger partial charge in [-0.15, -0.1) is 0 Å². The Morgan fingerprint density at radius 2 is 1.94 bits per heavy atom. The topological polar surface area (TPSA) is 17.1 Å². The van der Waals surface area contributed by atoms with Gasteiger partial charge in [-0.2, -0.15) is 0 Å². The number of rotatable bonds is 8. The number of allylic oxidation sites excluding steroid dienone is 2. The number of carbonyl (C=O) groups excluding carboxylic acids is 1. The van der Waals surface area contributed by atoms with Crippen LogP contribution in [-0.4, -0.2) is 6.29 Å². The molecule has 1 aromatic rings. The van der Waals surface area contributed by atoms with E-state index in [4.69, 9.17) is 0 Å². The molecule has 98 valence electrons. The van der Waals surface area contributed by atoms with E-state index >= 15 is 0 Å².